The molecule has 4 heteroatoms. The standard InChI is InChI=1S/C12H16N4/c1-3-8-6-9(8)15-12-11-10(4-5-13-12)16(2)7-14-11/h4-5,7-9H,3,6H2,1-2H3,(H,13,15). The maximum Gasteiger partial charge on any atom is 0.154 e. The smallest absolute Gasteiger partial charge is 0.154 e. The van der Waals surface area contributed by atoms with E-state index in [9.17, 15) is 0 Å². The van der Waals surface area contributed by atoms with Crippen LogP contribution in [-0.4, -0.2) is 20.6 Å². The molecule has 0 amide bonds. The molecule has 3 rings (SSSR count). The predicted octanol–water partition coefficient (Wildman–Crippen LogP) is 2.18. The maximum absolute atomic E-state index is 4.39. The monoisotopic (exact) mass is 216 g/mol. The van der Waals surface area contributed by atoms with Gasteiger partial charge < -0.3 is 9.88 Å². The van der Waals surface area contributed by atoms with Gasteiger partial charge in [0.25, 0.3) is 0 Å². The van der Waals surface area contributed by atoms with Gasteiger partial charge in [0, 0.05) is 19.3 Å². The predicted molar refractivity (Wildman–Crippen MR) is 64.3 cm³/mol. The molecule has 1 N–H and O–H groups in total. The number of fused-ring (bicyclic) bond motifs is 1. The zero-order valence-electron chi connectivity index (χ0n) is 9.64. The van der Waals surface area contributed by atoms with Crippen LogP contribution in [0.1, 0.15) is 19.8 Å². The second-order valence-electron chi connectivity index (χ2n) is 4.54. The summed E-state index contributed by atoms with van der Waals surface area (Å²) in [5, 5.41) is 3.49. The van der Waals surface area contributed by atoms with Crippen molar-refractivity contribution in [2.75, 3.05) is 5.32 Å². The van der Waals surface area contributed by atoms with Gasteiger partial charge in [-0.15, -0.1) is 0 Å². The normalized spacial score (nSPS) is 23.6. The Morgan fingerprint density at radius 2 is 2.38 bits per heavy atom. The molecular weight excluding hydrogens is 200 g/mol. The first kappa shape index (κ1) is 9.63. The first-order chi connectivity index (χ1) is 7.79. The fourth-order valence-electron chi connectivity index (χ4n) is 2.22. The van der Waals surface area contributed by atoms with Crippen molar-refractivity contribution in [1.82, 2.24) is 14.5 Å². The summed E-state index contributed by atoms with van der Waals surface area (Å²) in [7, 11) is 2.01. The van der Waals surface area contributed by atoms with Crippen LogP contribution >= 0.6 is 0 Å². The Bertz CT molecular complexity index is 517. The molecule has 0 spiro atoms. The van der Waals surface area contributed by atoms with Crippen LogP contribution in [0.25, 0.3) is 11.0 Å². The molecule has 0 radical (unpaired) electrons. The average molecular weight is 216 g/mol. The van der Waals surface area contributed by atoms with E-state index in [4.69, 9.17) is 0 Å². The summed E-state index contributed by atoms with van der Waals surface area (Å²) >= 11 is 0. The average Bonchev–Trinajstić information content (AvgIpc) is 2.95. The van der Waals surface area contributed by atoms with Crippen LogP contribution in [0.5, 0.6) is 0 Å². The molecule has 2 heterocycles. The van der Waals surface area contributed by atoms with E-state index in [-0.39, 0.29) is 0 Å². The molecule has 0 aromatic carbocycles. The third-order valence-corrected chi connectivity index (χ3v) is 3.41. The molecule has 2 unspecified atom stereocenters. The van der Waals surface area contributed by atoms with Crippen molar-refractivity contribution < 1.29 is 0 Å². The van der Waals surface area contributed by atoms with E-state index >= 15 is 0 Å². The zero-order chi connectivity index (χ0) is 11.1. The lowest BCUT2D eigenvalue weighted by Crippen LogP contribution is -2.06. The number of hydrogen-bond donors (Lipinski definition) is 1. The highest BCUT2D eigenvalue weighted by Gasteiger charge is 2.35. The van der Waals surface area contributed by atoms with E-state index in [1.165, 1.54) is 12.8 Å². The van der Waals surface area contributed by atoms with Crippen molar-refractivity contribution in [3.05, 3.63) is 18.6 Å². The lowest BCUT2D eigenvalue weighted by Gasteiger charge is -2.05. The first-order valence-corrected chi connectivity index (χ1v) is 5.82. The fourth-order valence-corrected chi connectivity index (χ4v) is 2.22. The number of aromatic nitrogens is 3. The number of imidazole rings is 1. The van der Waals surface area contributed by atoms with Crippen molar-refractivity contribution >= 4 is 16.9 Å². The Morgan fingerprint density at radius 3 is 3.12 bits per heavy atom. The second-order valence-corrected chi connectivity index (χ2v) is 4.54. The molecule has 1 aliphatic rings. The zero-order valence-corrected chi connectivity index (χ0v) is 9.64. The maximum atomic E-state index is 4.39. The van der Waals surface area contributed by atoms with Gasteiger partial charge in [0.1, 0.15) is 5.52 Å². The van der Waals surface area contributed by atoms with E-state index in [1.807, 2.05) is 30.2 Å². The Labute approximate surface area is 94.7 Å². The van der Waals surface area contributed by atoms with Gasteiger partial charge in [0.05, 0.1) is 11.8 Å². The first-order valence-electron chi connectivity index (χ1n) is 5.82. The summed E-state index contributed by atoms with van der Waals surface area (Å²) in [5.41, 5.74) is 2.11. The highest BCUT2D eigenvalue weighted by atomic mass is 15.1. The fraction of sp³-hybridized carbons (Fsp3) is 0.500. The molecule has 0 bridgehead atoms. The van der Waals surface area contributed by atoms with Crippen LogP contribution in [0, 0.1) is 5.92 Å². The molecule has 84 valence electrons. The van der Waals surface area contributed by atoms with Crippen molar-refractivity contribution in [3.63, 3.8) is 0 Å². The molecule has 0 aliphatic heterocycles. The lowest BCUT2D eigenvalue weighted by molar-refractivity contribution is 0.774. The molecule has 0 saturated heterocycles. The summed E-state index contributed by atoms with van der Waals surface area (Å²) < 4.78 is 2.02. The summed E-state index contributed by atoms with van der Waals surface area (Å²) in [6.07, 6.45) is 6.19. The molecule has 2 atom stereocenters. The van der Waals surface area contributed by atoms with Crippen LogP contribution < -0.4 is 5.32 Å². The van der Waals surface area contributed by atoms with Crippen molar-refractivity contribution in [2.24, 2.45) is 13.0 Å². The Morgan fingerprint density at radius 1 is 1.50 bits per heavy atom. The minimum Gasteiger partial charge on any atom is -0.365 e. The second kappa shape index (κ2) is 3.47. The summed E-state index contributed by atoms with van der Waals surface area (Å²) in [5.74, 6) is 1.75. The number of hydrogen-bond acceptors (Lipinski definition) is 3. The Hall–Kier alpha value is -1.58. The molecular formula is C12H16N4. The van der Waals surface area contributed by atoms with E-state index in [2.05, 4.69) is 22.2 Å². The number of anilines is 1. The SMILES string of the molecule is CCC1CC1Nc1nccc2c1ncn2C. The molecule has 16 heavy (non-hydrogen) atoms. The summed E-state index contributed by atoms with van der Waals surface area (Å²) in [4.78, 5) is 8.77. The van der Waals surface area contributed by atoms with Gasteiger partial charge >= 0.3 is 0 Å². The van der Waals surface area contributed by atoms with Gasteiger partial charge in [-0.25, -0.2) is 9.97 Å². The highest BCUT2D eigenvalue weighted by Crippen LogP contribution is 2.36. The minimum absolute atomic E-state index is 0.602. The molecule has 1 aliphatic carbocycles. The molecule has 2 aromatic rings. The summed E-state index contributed by atoms with van der Waals surface area (Å²) in [6.45, 7) is 2.24. The molecule has 4 nitrogen and oxygen atoms in total. The minimum atomic E-state index is 0.602. The largest absolute Gasteiger partial charge is 0.365 e. The topological polar surface area (TPSA) is 42.7 Å². The van der Waals surface area contributed by atoms with E-state index < -0.39 is 0 Å². The van der Waals surface area contributed by atoms with Gasteiger partial charge in [0.15, 0.2) is 5.82 Å². The van der Waals surface area contributed by atoms with Crippen molar-refractivity contribution in [2.45, 2.75) is 25.8 Å². The number of pyridine rings is 1. The van der Waals surface area contributed by atoms with Crippen LogP contribution in [0.15, 0.2) is 18.6 Å². The molecule has 2 aromatic heterocycles. The number of aryl methyl sites for hydroxylation is 1. The van der Waals surface area contributed by atoms with Gasteiger partial charge in [-0.2, -0.15) is 0 Å². The van der Waals surface area contributed by atoms with Crippen molar-refractivity contribution in [3.8, 4) is 0 Å². The van der Waals surface area contributed by atoms with Gasteiger partial charge in [-0.05, 0) is 18.4 Å². The molecule has 1 saturated carbocycles. The highest BCUT2D eigenvalue weighted by molar-refractivity contribution is 5.85. The molecule has 1 fully saturated rings. The lowest BCUT2D eigenvalue weighted by atomic mass is 10.3. The summed E-state index contributed by atoms with van der Waals surface area (Å²) in [6, 6.07) is 2.60. The third-order valence-electron chi connectivity index (χ3n) is 3.41. The van der Waals surface area contributed by atoms with Crippen LogP contribution in [0.4, 0.5) is 5.82 Å². The van der Waals surface area contributed by atoms with Gasteiger partial charge in [-0.3, -0.25) is 0 Å². The van der Waals surface area contributed by atoms with Crippen LogP contribution in [0.2, 0.25) is 0 Å². The van der Waals surface area contributed by atoms with Gasteiger partial charge in [0.2, 0.25) is 0 Å². The Balaban J connectivity index is 1.92. The van der Waals surface area contributed by atoms with Crippen LogP contribution in [0.3, 0.4) is 0 Å². The van der Waals surface area contributed by atoms with E-state index in [1.54, 1.807) is 0 Å². The quantitative estimate of drug-likeness (QED) is 0.855. The van der Waals surface area contributed by atoms with Crippen LogP contribution in [-0.2, 0) is 7.05 Å². The third kappa shape index (κ3) is 1.45. The Kier molecular flexibility index (Phi) is 2.09. The van der Waals surface area contributed by atoms with E-state index in [0.29, 0.717) is 6.04 Å². The number of nitrogens with zero attached hydrogens (tertiary/aromatic N) is 3. The van der Waals surface area contributed by atoms with E-state index in [0.717, 1.165) is 22.8 Å². The van der Waals surface area contributed by atoms with Gasteiger partial charge in [-0.1, -0.05) is 13.3 Å². The number of nitrogens with one attached hydrogen (secondary N) is 1. The van der Waals surface area contributed by atoms with Crippen molar-refractivity contribution in [1.29, 1.82) is 0 Å². The number of rotatable bonds is 3.